The van der Waals surface area contributed by atoms with Crippen molar-refractivity contribution in [1.29, 1.82) is 0 Å². The standard InChI is InChI=1S/C29H40N6O6/c1-29(2,3)41-28(40)34-18-14-32(15-19-34)11-5-10-31-12-16-33(17-13-31)21-7-4-6-20-24(21)27(39)35(26(20)38)22-8-9-23(36)30-25(22)37/h4,6-7,22H,5,8-19H2,1-3H3,(H,30,36,37). The Labute approximate surface area is 240 Å². The minimum absolute atomic E-state index is 0.0981. The number of nitrogens with zero attached hydrogens (tertiary/aromatic N) is 5. The van der Waals surface area contributed by atoms with Gasteiger partial charge in [-0.25, -0.2) is 4.79 Å². The van der Waals surface area contributed by atoms with Crippen LogP contribution in [0, 0.1) is 0 Å². The zero-order chi connectivity index (χ0) is 29.3. The van der Waals surface area contributed by atoms with Gasteiger partial charge < -0.3 is 14.5 Å². The number of hydrogen-bond donors (Lipinski definition) is 1. The highest BCUT2D eigenvalue weighted by Gasteiger charge is 2.46. The van der Waals surface area contributed by atoms with Gasteiger partial charge in [0, 0.05) is 58.8 Å². The van der Waals surface area contributed by atoms with Crippen LogP contribution in [0.1, 0.15) is 60.7 Å². The van der Waals surface area contributed by atoms with E-state index >= 15 is 0 Å². The third kappa shape index (κ3) is 6.38. The Hall–Kier alpha value is -3.51. The van der Waals surface area contributed by atoms with E-state index in [1.165, 1.54) is 0 Å². The number of hydrogen-bond acceptors (Lipinski definition) is 9. The van der Waals surface area contributed by atoms with Crippen LogP contribution >= 0.6 is 0 Å². The summed E-state index contributed by atoms with van der Waals surface area (Å²) in [5.74, 6) is -1.94. The van der Waals surface area contributed by atoms with E-state index in [0.29, 0.717) is 24.2 Å². The number of anilines is 1. The number of benzene rings is 1. The highest BCUT2D eigenvalue weighted by Crippen LogP contribution is 2.34. The molecule has 0 bridgehead atoms. The van der Waals surface area contributed by atoms with Crippen LogP contribution in [-0.2, 0) is 14.3 Å². The van der Waals surface area contributed by atoms with E-state index < -0.39 is 29.4 Å². The van der Waals surface area contributed by atoms with Gasteiger partial charge in [-0.15, -0.1) is 0 Å². The topological polar surface area (TPSA) is 123 Å². The molecule has 41 heavy (non-hydrogen) atoms. The summed E-state index contributed by atoms with van der Waals surface area (Å²) in [6.07, 6.45) is 1.03. The molecular weight excluding hydrogens is 528 g/mol. The summed E-state index contributed by atoms with van der Waals surface area (Å²) in [6.45, 7) is 13.8. The number of piperazine rings is 2. The summed E-state index contributed by atoms with van der Waals surface area (Å²) in [5.41, 5.74) is 0.896. The summed E-state index contributed by atoms with van der Waals surface area (Å²) in [4.78, 5) is 72.6. The molecule has 0 aliphatic carbocycles. The molecule has 1 aromatic rings. The van der Waals surface area contributed by atoms with Gasteiger partial charge in [-0.2, -0.15) is 0 Å². The lowest BCUT2D eigenvalue weighted by Gasteiger charge is -2.38. The molecule has 3 fully saturated rings. The Kier molecular flexibility index (Phi) is 8.32. The molecule has 3 saturated heterocycles. The molecule has 5 amide bonds. The minimum atomic E-state index is -0.968. The highest BCUT2D eigenvalue weighted by molar-refractivity contribution is 6.25. The van der Waals surface area contributed by atoms with Crippen molar-refractivity contribution in [1.82, 2.24) is 24.9 Å². The second kappa shape index (κ2) is 11.8. The number of amides is 5. The van der Waals surface area contributed by atoms with Crippen LogP contribution in [-0.4, -0.2) is 126 Å². The summed E-state index contributed by atoms with van der Waals surface area (Å²) in [5, 5.41) is 2.24. The van der Waals surface area contributed by atoms with E-state index in [9.17, 15) is 24.0 Å². The lowest BCUT2D eigenvalue weighted by molar-refractivity contribution is -0.136. The molecule has 12 heteroatoms. The Morgan fingerprint density at radius 1 is 0.902 bits per heavy atom. The smallest absolute Gasteiger partial charge is 0.410 e. The predicted molar refractivity (Wildman–Crippen MR) is 151 cm³/mol. The van der Waals surface area contributed by atoms with Crippen LogP contribution in [0.5, 0.6) is 0 Å². The molecule has 4 aliphatic heterocycles. The molecule has 0 saturated carbocycles. The maximum absolute atomic E-state index is 13.4. The monoisotopic (exact) mass is 568 g/mol. The molecule has 1 atom stereocenters. The highest BCUT2D eigenvalue weighted by atomic mass is 16.6. The molecule has 4 heterocycles. The first-order chi connectivity index (χ1) is 19.5. The van der Waals surface area contributed by atoms with Gasteiger partial charge in [-0.05, 0) is 58.8 Å². The summed E-state index contributed by atoms with van der Waals surface area (Å²) >= 11 is 0. The molecule has 1 aromatic carbocycles. The van der Waals surface area contributed by atoms with E-state index in [2.05, 4.69) is 20.0 Å². The number of nitrogens with one attached hydrogen (secondary N) is 1. The summed E-state index contributed by atoms with van der Waals surface area (Å²) < 4.78 is 5.48. The van der Waals surface area contributed by atoms with Gasteiger partial charge in [-0.3, -0.25) is 39.2 Å². The van der Waals surface area contributed by atoms with Crippen LogP contribution in [0.25, 0.3) is 0 Å². The second-order valence-corrected chi connectivity index (χ2v) is 12.1. The number of ether oxygens (including phenoxy) is 1. The number of piperidine rings is 1. The van der Waals surface area contributed by atoms with Gasteiger partial charge in [0.1, 0.15) is 11.6 Å². The molecular formula is C29H40N6O6. The number of imide groups is 2. The molecule has 5 rings (SSSR count). The van der Waals surface area contributed by atoms with Gasteiger partial charge in [0.2, 0.25) is 11.8 Å². The Morgan fingerprint density at radius 2 is 1.54 bits per heavy atom. The van der Waals surface area contributed by atoms with Crippen molar-refractivity contribution in [3.05, 3.63) is 29.3 Å². The maximum Gasteiger partial charge on any atom is 0.410 e. The fourth-order valence-electron chi connectivity index (χ4n) is 5.97. The molecule has 4 aliphatic rings. The Bertz CT molecular complexity index is 1210. The molecule has 12 nitrogen and oxygen atoms in total. The van der Waals surface area contributed by atoms with Crippen molar-refractivity contribution in [3.63, 3.8) is 0 Å². The van der Waals surface area contributed by atoms with E-state index in [-0.39, 0.29) is 24.8 Å². The maximum atomic E-state index is 13.4. The fraction of sp³-hybridized carbons (Fsp3) is 0.621. The number of carbonyl (C=O) groups is 5. The van der Waals surface area contributed by atoms with Gasteiger partial charge in [-0.1, -0.05) is 6.07 Å². The lowest BCUT2D eigenvalue weighted by atomic mass is 10.0. The van der Waals surface area contributed by atoms with Crippen molar-refractivity contribution in [3.8, 4) is 0 Å². The van der Waals surface area contributed by atoms with Crippen molar-refractivity contribution >= 4 is 35.4 Å². The number of carbonyl (C=O) groups excluding carboxylic acids is 5. The first kappa shape index (κ1) is 29.0. The van der Waals surface area contributed by atoms with Crippen LogP contribution in [0.2, 0.25) is 0 Å². The van der Waals surface area contributed by atoms with Gasteiger partial charge >= 0.3 is 6.09 Å². The first-order valence-corrected chi connectivity index (χ1v) is 14.5. The third-order valence-electron chi connectivity index (χ3n) is 8.13. The molecule has 222 valence electrons. The van der Waals surface area contributed by atoms with Crippen LogP contribution in [0.4, 0.5) is 10.5 Å². The predicted octanol–water partition coefficient (Wildman–Crippen LogP) is 1.15. The minimum Gasteiger partial charge on any atom is -0.444 e. The molecule has 1 unspecified atom stereocenters. The molecule has 0 spiro atoms. The van der Waals surface area contributed by atoms with Crippen LogP contribution < -0.4 is 10.2 Å². The zero-order valence-electron chi connectivity index (χ0n) is 24.2. The molecule has 0 radical (unpaired) electrons. The van der Waals surface area contributed by atoms with Crippen LogP contribution in [0.15, 0.2) is 18.2 Å². The Morgan fingerprint density at radius 3 is 2.15 bits per heavy atom. The SMILES string of the molecule is CC(C)(C)OC(=O)N1CCN(CCCN2CCN(c3cccc4c3C(=O)N(C3CCC(=O)NC3=O)C4=O)CC2)CC1. The summed E-state index contributed by atoms with van der Waals surface area (Å²) in [7, 11) is 0. The average Bonchev–Trinajstić information content (AvgIpc) is 3.18. The van der Waals surface area contributed by atoms with Gasteiger partial charge in [0.15, 0.2) is 0 Å². The molecule has 1 N–H and O–H groups in total. The average molecular weight is 569 g/mol. The normalized spacial score (nSPS) is 22.7. The first-order valence-electron chi connectivity index (χ1n) is 14.5. The van der Waals surface area contributed by atoms with E-state index in [4.69, 9.17) is 4.74 Å². The van der Waals surface area contributed by atoms with Gasteiger partial charge in [0.05, 0.1) is 16.8 Å². The van der Waals surface area contributed by atoms with Gasteiger partial charge in [0.25, 0.3) is 11.8 Å². The van der Waals surface area contributed by atoms with Crippen molar-refractivity contribution in [2.24, 2.45) is 0 Å². The number of rotatable bonds is 6. The summed E-state index contributed by atoms with van der Waals surface area (Å²) in [6, 6.07) is 4.31. The van der Waals surface area contributed by atoms with E-state index in [0.717, 1.165) is 69.4 Å². The molecule has 0 aromatic heterocycles. The number of fused-ring (bicyclic) bond motifs is 1. The second-order valence-electron chi connectivity index (χ2n) is 12.1. The Balaban J connectivity index is 1.10. The zero-order valence-corrected chi connectivity index (χ0v) is 24.2. The van der Waals surface area contributed by atoms with Crippen LogP contribution in [0.3, 0.4) is 0 Å². The van der Waals surface area contributed by atoms with Crippen molar-refractivity contribution in [2.75, 3.05) is 70.3 Å². The van der Waals surface area contributed by atoms with Crippen molar-refractivity contribution in [2.45, 2.75) is 51.7 Å². The quantitative estimate of drug-likeness (QED) is 0.504. The third-order valence-corrected chi connectivity index (χ3v) is 8.13. The fourth-order valence-corrected chi connectivity index (χ4v) is 5.97. The largest absolute Gasteiger partial charge is 0.444 e. The van der Waals surface area contributed by atoms with E-state index in [1.807, 2.05) is 26.8 Å². The van der Waals surface area contributed by atoms with Crippen molar-refractivity contribution < 1.29 is 28.7 Å². The van der Waals surface area contributed by atoms with E-state index in [1.54, 1.807) is 17.0 Å². The lowest BCUT2D eigenvalue weighted by Crippen LogP contribution is -2.54.